The molecule has 0 spiro atoms. The van der Waals surface area contributed by atoms with Crippen LogP contribution in [0.2, 0.25) is 0 Å². The van der Waals surface area contributed by atoms with Gasteiger partial charge < -0.3 is 9.32 Å². The van der Waals surface area contributed by atoms with Crippen molar-refractivity contribution >= 4 is 49.8 Å². The van der Waals surface area contributed by atoms with E-state index in [1.165, 1.54) is 33.0 Å². The maximum Gasteiger partial charge on any atom is 0.136 e. The summed E-state index contributed by atoms with van der Waals surface area (Å²) in [6.45, 7) is 4.68. The summed E-state index contributed by atoms with van der Waals surface area (Å²) < 4.78 is 6.61. The molecular formula is C48H34N2O. The van der Waals surface area contributed by atoms with Gasteiger partial charge in [-0.05, 0) is 104 Å². The summed E-state index contributed by atoms with van der Waals surface area (Å²) in [5.41, 5.74) is 14.9. The van der Waals surface area contributed by atoms with Crippen LogP contribution in [-0.2, 0) is 5.41 Å². The van der Waals surface area contributed by atoms with Crippen molar-refractivity contribution in [1.82, 2.24) is 4.98 Å². The lowest BCUT2D eigenvalue weighted by Crippen LogP contribution is -2.16. The van der Waals surface area contributed by atoms with E-state index in [-0.39, 0.29) is 5.41 Å². The molecule has 10 rings (SSSR count). The zero-order valence-corrected chi connectivity index (χ0v) is 28.5. The topological polar surface area (TPSA) is 29.3 Å². The van der Waals surface area contributed by atoms with E-state index in [1.807, 2.05) is 18.5 Å². The Morgan fingerprint density at radius 3 is 2.00 bits per heavy atom. The van der Waals surface area contributed by atoms with E-state index in [4.69, 9.17) is 4.42 Å². The van der Waals surface area contributed by atoms with Gasteiger partial charge in [0.1, 0.15) is 11.2 Å². The minimum absolute atomic E-state index is 0.0801. The van der Waals surface area contributed by atoms with E-state index in [0.29, 0.717) is 0 Å². The number of rotatable bonds is 5. The molecule has 0 saturated carbocycles. The van der Waals surface area contributed by atoms with Crippen LogP contribution in [0.3, 0.4) is 0 Å². The van der Waals surface area contributed by atoms with E-state index in [1.54, 1.807) is 0 Å². The highest BCUT2D eigenvalue weighted by molar-refractivity contribution is 6.25. The van der Waals surface area contributed by atoms with Crippen LogP contribution < -0.4 is 4.90 Å². The predicted molar refractivity (Wildman–Crippen MR) is 212 cm³/mol. The van der Waals surface area contributed by atoms with Crippen LogP contribution in [0.5, 0.6) is 0 Å². The second-order valence-electron chi connectivity index (χ2n) is 14.0. The Morgan fingerprint density at radius 2 is 1.18 bits per heavy atom. The number of para-hydroxylation sites is 1. The highest BCUT2D eigenvalue weighted by atomic mass is 16.3. The highest BCUT2D eigenvalue weighted by Gasteiger charge is 2.35. The fourth-order valence-corrected chi connectivity index (χ4v) is 8.33. The average molecular weight is 655 g/mol. The highest BCUT2D eigenvalue weighted by Crippen LogP contribution is 2.51. The molecule has 0 unspecified atom stereocenters. The fourth-order valence-electron chi connectivity index (χ4n) is 8.33. The van der Waals surface area contributed by atoms with Gasteiger partial charge in [-0.15, -0.1) is 0 Å². The minimum Gasteiger partial charge on any atom is -0.456 e. The van der Waals surface area contributed by atoms with Gasteiger partial charge in [-0.25, -0.2) is 0 Å². The van der Waals surface area contributed by atoms with Crippen LogP contribution in [0.25, 0.3) is 66.1 Å². The molecule has 51 heavy (non-hydrogen) atoms. The third-order valence-electron chi connectivity index (χ3n) is 10.8. The first-order chi connectivity index (χ1) is 25.1. The molecule has 9 aromatic rings. The van der Waals surface area contributed by atoms with Gasteiger partial charge in [-0.3, -0.25) is 4.98 Å². The van der Waals surface area contributed by atoms with Crippen LogP contribution in [-0.4, -0.2) is 4.98 Å². The molecule has 0 amide bonds. The molecule has 0 fully saturated rings. The van der Waals surface area contributed by atoms with Crippen molar-refractivity contribution in [2.45, 2.75) is 19.3 Å². The minimum atomic E-state index is -0.0801. The molecule has 242 valence electrons. The summed E-state index contributed by atoms with van der Waals surface area (Å²) >= 11 is 0. The molecule has 0 bridgehead atoms. The molecule has 0 aliphatic heterocycles. The molecule has 3 heteroatoms. The molecule has 0 N–H and O–H groups in total. The summed E-state index contributed by atoms with van der Waals surface area (Å²) in [7, 11) is 0. The molecule has 0 saturated heterocycles. The molecule has 2 aromatic heterocycles. The molecule has 1 aliphatic carbocycles. The Balaban J connectivity index is 1.11. The van der Waals surface area contributed by atoms with Crippen molar-refractivity contribution in [3.05, 3.63) is 181 Å². The third kappa shape index (κ3) is 4.55. The number of hydrogen-bond donors (Lipinski definition) is 0. The van der Waals surface area contributed by atoms with Gasteiger partial charge in [-0.1, -0.05) is 117 Å². The SMILES string of the molecule is CC1(C)c2ccccc2-c2ccc(N(c3ccccc3)c3ccc(-c4cc5oc6cccc(-c7cccnc7)c6c5c5ccccc45)cc3)cc21. The first kappa shape index (κ1) is 29.5. The average Bonchev–Trinajstić information content (AvgIpc) is 3.68. The van der Waals surface area contributed by atoms with E-state index in [0.717, 1.165) is 61.3 Å². The Labute approximate surface area is 297 Å². The quantitative estimate of drug-likeness (QED) is 0.185. The van der Waals surface area contributed by atoms with Crippen molar-refractivity contribution in [3.63, 3.8) is 0 Å². The predicted octanol–water partition coefficient (Wildman–Crippen LogP) is 13.2. The largest absolute Gasteiger partial charge is 0.456 e. The summed E-state index contributed by atoms with van der Waals surface area (Å²) in [5.74, 6) is 0. The number of benzene rings is 7. The molecule has 2 heterocycles. The maximum atomic E-state index is 6.61. The second kappa shape index (κ2) is 11.3. The number of hydrogen-bond acceptors (Lipinski definition) is 3. The standard InChI is InChI=1S/C48H34N2O/c1-48(2)42-19-9-8-16-38(42)39-26-25-35(28-43(39)48)50(33-13-4-3-5-14-33)34-23-21-31(22-24-34)41-29-45-47(40-17-7-6-15-37(40)41)46-36(18-10-20-44(46)51-45)32-12-11-27-49-30-32/h3-30H,1-2H3. The van der Waals surface area contributed by atoms with E-state index < -0.39 is 0 Å². The zero-order chi connectivity index (χ0) is 34.1. The lowest BCUT2D eigenvalue weighted by molar-refractivity contribution is 0.660. The van der Waals surface area contributed by atoms with Crippen LogP contribution >= 0.6 is 0 Å². The Morgan fingerprint density at radius 1 is 0.471 bits per heavy atom. The van der Waals surface area contributed by atoms with Gasteiger partial charge in [0.05, 0.1) is 0 Å². The van der Waals surface area contributed by atoms with Gasteiger partial charge >= 0.3 is 0 Å². The monoisotopic (exact) mass is 654 g/mol. The number of furan rings is 1. The number of aromatic nitrogens is 1. The van der Waals surface area contributed by atoms with Crippen molar-refractivity contribution < 1.29 is 4.42 Å². The summed E-state index contributed by atoms with van der Waals surface area (Å²) in [6, 6.07) is 56.7. The molecular weight excluding hydrogens is 621 g/mol. The second-order valence-corrected chi connectivity index (χ2v) is 14.0. The molecule has 3 nitrogen and oxygen atoms in total. The summed E-state index contributed by atoms with van der Waals surface area (Å²) in [5, 5.41) is 4.63. The van der Waals surface area contributed by atoms with E-state index >= 15 is 0 Å². The maximum absolute atomic E-state index is 6.61. The third-order valence-corrected chi connectivity index (χ3v) is 10.8. The molecule has 1 aliphatic rings. The van der Waals surface area contributed by atoms with Crippen LogP contribution in [0.1, 0.15) is 25.0 Å². The van der Waals surface area contributed by atoms with Gasteiger partial charge in [-0.2, -0.15) is 0 Å². The number of anilines is 3. The Hall–Kier alpha value is -6.45. The van der Waals surface area contributed by atoms with Crippen molar-refractivity contribution in [2.75, 3.05) is 4.90 Å². The van der Waals surface area contributed by atoms with Gasteiger partial charge in [0.15, 0.2) is 0 Å². The van der Waals surface area contributed by atoms with Gasteiger partial charge in [0.2, 0.25) is 0 Å². The number of fused-ring (bicyclic) bond motifs is 8. The molecule has 0 radical (unpaired) electrons. The Kier molecular flexibility index (Phi) is 6.53. The van der Waals surface area contributed by atoms with E-state index in [9.17, 15) is 0 Å². The lowest BCUT2D eigenvalue weighted by atomic mass is 9.82. The molecule has 0 atom stereocenters. The summed E-state index contributed by atoms with van der Waals surface area (Å²) in [6.07, 6.45) is 3.74. The smallest absolute Gasteiger partial charge is 0.136 e. The fraction of sp³-hybridized carbons (Fsp3) is 0.0625. The van der Waals surface area contributed by atoms with Crippen molar-refractivity contribution in [2.24, 2.45) is 0 Å². The first-order valence-corrected chi connectivity index (χ1v) is 17.5. The van der Waals surface area contributed by atoms with Gasteiger partial charge in [0, 0.05) is 51.2 Å². The van der Waals surface area contributed by atoms with Crippen LogP contribution in [0.4, 0.5) is 17.1 Å². The van der Waals surface area contributed by atoms with Gasteiger partial charge in [0.25, 0.3) is 0 Å². The summed E-state index contributed by atoms with van der Waals surface area (Å²) in [4.78, 5) is 6.77. The Bertz CT molecular complexity index is 2760. The number of pyridine rings is 1. The number of nitrogens with zero attached hydrogens (tertiary/aromatic N) is 2. The van der Waals surface area contributed by atoms with Crippen molar-refractivity contribution in [1.29, 1.82) is 0 Å². The van der Waals surface area contributed by atoms with Crippen molar-refractivity contribution in [3.8, 4) is 33.4 Å². The zero-order valence-electron chi connectivity index (χ0n) is 28.5. The lowest BCUT2D eigenvalue weighted by Gasteiger charge is -2.28. The first-order valence-electron chi connectivity index (χ1n) is 17.5. The molecule has 7 aromatic carbocycles. The van der Waals surface area contributed by atoms with Crippen LogP contribution in [0, 0.1) is 0 Å². The van der Waals surface area contributed by atoms with E-state index in [2.05, 4.69) is 175 Å². The van der Waals surface area contributed by atoms with Crippen LogP contribution in [0.15, 0.2) is 175 Å². The normalized spacial score (nSPS) is 13.1.